The number of rotatable bonds is 11. The highest BCUT2D eigenvalue weighted by atomic mass is 35.5. The number of ether oxygens (including phenoxy) is 2. The van der Waals surface area contributed by atoms with Crippen molar-refractivity contribution in [2.24, 2.45) is 0 Å². The standard InChI is InChI=1S/C36H46ClN7O2/c1-4-19-45-34-26(22-38)20-28(21-33(34)37)36(2,3)27-5-7-32(8-6-27)46-25-29-9-12-40-35(41-29)44-17-15-43(16-18-44)30-10-13-42(14-11-30)31-23-39-24-31/h5-9,12,20-21,30-31,39H,4,10-11,13-19,23-25H2,1-3H3. The maximum atomic E-state index is 9.75. The SMILES string of the molecule is CCCOc1c(Cl)cc(C(C)(C)c2ccc(OCc3ccnc(N4CCN(C5CCN(C6CNC6)CC5)CC4)n3)cc2)cc1C#N. The highest BCUT2D eigenvalue weighted by Crippen LogP contribution is 2.38. The number of nitrogens with one attached hydrogen (secondary N) is 1. The zero-order chi connectivity index (χ0) is 32.1. The van der Waals surface area contributed by atoms with E-state index in [9.17, 15) is 5.26 Å². The van der Waals surface area contributed by atoms with Crippen LogP contribution in [0.3, 0.4) is 0 Å². The summed E-state index contributed by atoms with van der Waals surface area (Å²) >= 11 is 6.57. The van der Waals surface area contributed by atoms with Crippen molar-refractivity contribution >= 4 is 17.5 Å². The van der Waals surface area contributed by atoms with E-state index in [1.54, 1.807) is 0 Å². The lowest BCUT2D eigenvalue weighted by atomic mass is 9.77. The van der Waals surface area contributed by atoms with E-state index in [0.29, 0.717) is 35.6 Å². The van der Waals surface area contributed by atoms with Gasteiger partial charge in [0.05, 0.1) is 22.9 Å². The molecule has 1 N–H and O–H groups in total. The molecule has 0 spiro atoms. The predicted molar refractivity (Wildman–Crippen MR) is 182 cm³/mol. The number of hydrogen-bond donors (Lipinski definition) is 1. The van der Waals surface area contributed by atoms with Crippen LogP contribution in [0.5, 0.6) is 11.5 Å². The van der Waals surface area contributed by atoms with Crippen LogP contribution in [-0.2, 0) is 12.0 Å². The average molecular weight is 644 g/mol. The number of nitriles is 1. The molecule has 244 valence electrons. The largest absolute Gasteiger partial charge is 0.491 e. The van der Waals surface area contributed by atoms with Crippen molar-refractivity contribution in [3.8, 4) is 17.6 Å². The number of nitrogens with zero attached hydrogens (tertiary/aromatic N) is 6. The molecular formula is C36H46ClN7O2. The molecule has 3 aliphatic rings. The third-order valence-electron chi connectivity index (χ3n) is 9.89. The lowest BCUT2D eigenvalue weighted by molar-refractivity contribution is 0.0629. The third kappa shape index (κ3) is 7.26. The van der Waals surface area contributed by atoms with Crippen LogP contribution in [0.15, 0.2) is 48.7 Å². The molecule has 3 aromatic rings. The molecule has 0 atom stereocenters. The van der Waals surface area contributed by atoms with Gasteiger partial charge in [0.2, 0.25) is 5.95 Å². The Morgan fingerprint density at radius 3 is 2.30 bits per heavy atom. The quantitative estimate of drug-likeness (QED) is 0.301. The van der Waals surface area contributed by atoms with Gasteiger partial charge >= 0.3 is 0 Å². The Kier molecular flexibility index (Phi) is 10.3. The summed E-state index contributed by atoms with van der Waals surface area (Å²) in [7, 11) is 0. The molecule has 4 heterocycles. The Bertz CT molecular complexity index is 1510. The van der Waals surface area contributed by atoms with Crippen molar-refractivity contribution in [3.05, 3.63) is 76.1 Å². The molecule has 1 aromatic heterocycles. The molecule has 46 heavy (non-hydrogen) atoms. The Morgan fingerprint density at radius 1 is 0.935 bits per heavy atom. The monoisotopic (exact) mass is 643 g/mol. The van der Waals surface area contributed by atoms with Crippen LogP contribution in [-0.4, -0.2) is 90.8 Å². The Hall–Kier alpha value is -3.42. The predicted octanol–water partition coefficient (Wildman–Crippen LogP) is 5.25. The fraction of sp³-hybridized carbons (Fsp3) is 0.528. The molecule has 0 amide bonds. The second-order valence-electron chi connectivity index (χ2n) is 13.2. The number of likely N-dealkylation sites (tertiary alicyclic amines) is 1. The third-order valence-corrected chi connectivity index (χ3v) is 10.2. The van der Waals surface area contributed by atoms with Gasteiger partial charge < -0.3 is 19.7 Å². The second-order valence-corrected chi connectivity index (χ2v) is 13.6. The smallest absolute Gasteiger partial charge is 0.225 e. The molecule has 6 rings (SSSR count). The lowest BCUT2D eigenvalue weighted by Crippen LogP contribution is -2.60. The summed E-state index contributed by atoms with van der Waals surface area (Å²) in [6.45, 7) is 15.9. The first kappa shape index (κ1) is 32.5. The molecule has 0 saturated carbocycles. The van der Waals surface area contributed by atoms with Gasteiger partial charge in [-0.05, 0) is 60.7 Å². The fourth-order valence-electron chi connectivity index (χ4n) is 6.73. The fourth-order valence-corrected chi connectivity index (χ4v) is 7.01. The van der Waals surface area contributed by atoms with E-state index in [1.165, 1.54) is 25.9 Å². The number of benzene rings is 2. The highest BCUT2D eigenvalue weighted by molar-refractivity contribution is 6.32. The molecular weight excluding hydrogens is 598 g/mol. The summed E-state index contributed by atoms with van der Waals surface area (Å²) in [4.78, 5) is 17.1. The number of piperazine rings is 1. The average Bonchev–Trinajstić information content (AvgIpc) is 3.06. The summed E-state index contributed by atoms with van der Waals surface area (Å²) < 4.78 is 11.9. The van der Waals surface area contributed by atoms with Crippen molar-refractivity contribution in [2.45, 2.75) is 64.1 Å². The van der Waals surface area contributed by atoms with Gasteiger partial charge in [-0.3, -0.25) is 9.80 Å². The van der Waals surface area contributed by atoms with Gasteiger partial charge in [0.1, 0.15) is 18.4 Å². The highest BCUT2D eigenvalue weighted by Gasteiger charge is 2.32. The number of anilines is 1. The van der Waals surface area contributed by atoms with Gasteiger partial charge in [-0.1, -0.05) is 44.5 Å². The molecule has 0 unspecified atom stereocenters. The molecule has 9 nitrogen and oxygen atoms in total. The van der Waals surface area contributed by atoms with Gasteiger partial charge in [0, 0.05) is 76.1 Å². The molecule has 0 bridgehead atoms. The molecule has 3 saturated heterocycles. The van der Waals surface area contributed by atoms with Crippen molar-refractivity contribution < 1.29 is 9.47 Å². The second kappa shape index (κ2) is 14.6. The maximum Gasteiger partial charge on any atom is 0.225 e. The van der Waals surface area contributed by atoms with Crippen LogP contribution in [0.1, 0.15) is 62.4 Å². The van der Waals surface area contributed by atoms with Crippen LogP contribution in [0, 0.1) is 11.3 Å². The van der Waals surface area contributed by atoms with E-state index >= 15 is 0 Å². The first-order chi connectivity index (χ1) is 22.4. The summed E-state index contributed by atoms with van der Waals surface area (Å²) in [5, 5.41) is 13.6. The Labute approximate surface area is 278 Å². The van der Waals surface area contributed by atoms with Crippen molar-refractivity contribution in [3.63, 3.8) is 0 Å². The summed E-state index contributed by atoms with van der Waals surface area (Å²) in [5.41, 5.74) is 2.97. The van der Waals surface area contributed by atoms with E-state index in [-0.39, 0.29) is 5.41 Å². The van der Waals surface area contributed by atoms with Crippen LogP contribution in [0.2, 0.25) is 5.02 Å². The van der Waals surface area contributed by atoms with E-state index in [0.717, 1.165) is 80.2 Å². The van der Waals surface area contributed by atoms with E-state index in [4.69, 9.17) is 26.1 Å². The van der Waals surface area contributed by atoms with E-state index in [1.807, 2.05) is 43.5 Å². The number of halogens is 1. The molecule has 3 fully saturated rings. The summed E-state index contributed by atoms with van der Waals surface area (Å²) in [6.07, 6.45) is 5.23. The van der Waals surface area contributed by atoms with Crippen molar-refractivity contribution in [1.82, 2.24) is 25.1 Å². The first-order valence-corrected chi connectivity index (χ1v) is 17.1. The van der Waals surface area contributed by atoms with Crippen LogP contribution < -0.4 is 19.7 Å². The maximum absolute atomic E-state index is 9.75. The molecule has 2 aromatic carbocycles. The molecule has 10 heteroatoms. The molecule has 0 radical (unpaired) electrons. The Morgan fingerprint density at radius 2 is 1.65 bits per heavy atom. The zero-order valence-electron chi connectivity index (χ0n) is 27.3. The lowest BCUT2D eigenvalue weighted by Gasteiger charge is -2.46. The summed E-state index contributed by atoms with van der Waals surface area (Å²) in [6, 6.07) is 17.5. The van der Waals surface area contributed by atoms with Gasteiger partial charge in [-0.15, -0.1) is 0 Å². The van der Waals surface area contributed by atoms with Gasteiger partial charge in [0.15, 0.2) is 5.75 Å². The minimum Gasteiger partial charge on any atom is -0.491 e. The molecule has 3 aliphatic heterocycles. The normalized spacial score (nSPS) is 18.6. The Balaban J connectivity index is 1.02. The van der Waals surface area contributed by atoms with Crippen LogP contribution in [0.25, 0.3) is 0 Å². The van der Waals surface area contributed by atoms with Gasteiger partial charge in [0.25, 0.3) is 0 Å². The number of hydrogen-bond acceptors (Lipinski definition) is 9. The topological polar surface area (TPSA) is 89.8 Å². The zero-order valence-corrected chi connectivity index (χ0v) is 28.1. The van der Waals surface area contributed by atoms with Crippen molar-refractivity contribution in [2.75, 3.05) is 63.9 Å². The van der Waals surface area contributed by atoms with Gasteiger partial charge in [-0.25, -0.2) is 9.97 Å². The minimum absolute atomic E-state index is 0.369. The minimum atomic E-state index is -0.381. The van der Waals surface area contributed by atoms with E-state index < -0.39 is 0 Å². The summed E-state index contributed by atoms with van der Waals surface area (Å²) in [5.74, 6) is 2.01. The number of aromatic nitrogens is 2. The van der Waals surface area contributed by atoms with Crippen LogP contribution >= 0.6 is 11.6 Å². The van der Waals surface area contributed by atoms with Crippen molar-refractivity contribution in [1.29, 1.82) is 5.26 Å². The van der Waals surface area contributed by atoms with Gasteiger partial charge in [-0.2, -0.15) is 5.26 Å². The van der Waals surface area contributed by atoms with Crippen LogP contribution in [0.4, 0.5) is 5.95 Å². The number of piperidine rings is 1. The molecule has 0 aliphatic carbocycles. The first-order valence-electron chi connectivity index (χ1n) is 16.7. The van der Waals surface area contributed by atoms with E-state index in [2.05, 4.69) is 57.0 Å².